The summed E-state index contributed by atoms with van der Waals surface area (Å²) in [5, 5.41) is 8.86. The molecule has 2 unspecified atom stereocenters. The van der Waals surface area contributed by atoms with Crippen LogP contribution in [0.2, 0.25) is 0 Å². The van der Waals surface area contributed by atoms with Crippen molar-refractivity contribution in [3.63, 3.8) is 0 Å². The Morgan fingerprint density at radius 2 is 2.24 bits per heavy atom. The van der Waals surface area contributed by atoms with Crippen LogP contribution in [0.1, 0.15) is 6.92 Å². The van der Waals surface area contributed by atoms with Gasteiger partial charge in [-0.05, 0) is 6.92 Å². The van der Waals surface area contributed by atoms with Crippen LogP contribution in [0.5, 0.6) is 0 Å². The van der Waals surface area contributed by atoms with Crippen LogP contribution in [-0.2, 0) is 24.3 Å². The average molecular weight is 267 g/mol. The number of aliphatic carboxylic acids is 1. The fourth-order valence-corrected chi connectivity index (χ4v) is 2.67. The molecular formula is C9H17NO6S. The van der Waals surface area contributed by atoms with Crippen molar-refractivity contribution < 1.29 is 27.8 Å². The molecule has 0 aliphatic carbocycles. The summed E-state index contributed by atoms with van der Waals surface area (Å²) < 4.78 is 35.4. The minimum Gasteiger partial charge on any atom is -0.481 e. The Morgan fingerprint density at radius 3 is 2.82 bits per heavy atom. The van der Waals surface area contributed by atoms with Gasteiger partial charge in [-0.2, -0.15) is 0 Å². The van der Waals surface area contributed by atoms with Crippen LogP contribution in [0.25, 0.3) is 0 Å². The zero-order valence-corrected chi connectivity index (χ0v) is 10.4. The number of ether oxygens (including phenoxy) is 2. The highest BCUT2D eigenvalue weighted by Gasteiger charge is 2.36. The van der Waals surface area contributed by atoms with Crippen LogP contribution < -0.4 is 4.72 Å². The molecule has 100 valence electrons. The van der Waals surface area contributed by atoms with Gasteiger partial charge in [0, 0.05) is 6.61 Å². The first kappa shape index (κ1) is 14.4. The van der Waals surface area contributed by atoms with Gasteiger partial charge in [0.05, 0.1) is 37.5 Å². The van der Waals surface area contributed by atoms with E-state index in [0.717, 1.165) is 0 Å². The van der Waals surface area contributed by atoms with Crippen LogP contribution in [0, 0.1) is 5.92 Å². The lowest BCUT2D eigenvalue weighted by molar-refractivity contribution is -0.142. The number of nitrogens with one attached hydrogen (secondary N) is 1. The molecular weight excluding hydrogens is 250 g/mol. The van der Waals surface area contributed by atoms with Crippen LogP contribution >= 0.6 is 0 Å². The second-order valence-corrected chi connectivity index (χ2v) is 5.60. The van der Waals surface area contributed by atoms with E-state index in [-0.39, 0.29) is 25.6 Å². The number of hydrogen-bond acceptors (Lipinski definition) is 5. The molecule has 1 aliphatic heterocycles. The van der Waals surface area contributed by atoms with E-state index in [2.05, 4.69) is 4.72 Å². The van der Waals surface area contributed by atoms with Gasteiger partial charge in [0.15, 0.2) is 0 Å². The third kappa shape index (κ3) is 4.58. The van der Waals surface area contributed by atoms with Gasteiger partial charge in [-0.1, -0.05) is 0 Å². The zero-order valence-electron chi connectivity index (χ0n) is 9.59. The molecule has 0 bridgehead atoms. The zero-order chi connectivity index (χ0) is 12.9. The number of rotatable bonds is 7. The standard InChI is InChI=1S/C9H17NO6S/c1-2-15-3-4-17(13,14)10-8-6-16-5-7(8)9(11)12/h7-8,10H,2-6H2,1H3,(H,11,12). The fraction of sp³-hybridized carbons (Fsp3) is 0.889. The molecule has 1 fully saturated rings. The van der Waals surface area contributed by atoms with Gasteiger partial charge in [0.2, 0.25) is 10.0 Å². The average Bonchev–Trinajstić information content (AvgIpc) is 2.65. The smallest absolute Gasteiger partial charge is 0.310 e. The summed E-state index contributed by atoms with van der Waals surface area (Å²) in [7, 11) is -3.52. The van der Waals surface area contributed by atoms with Crippen molar-refractivity contribution in [2.45, 2.75) is 13.0 Å². The van der Waals surface area contributed by atoms with Gasteiger partial charge in [-0.25, -0.2) is 13.1 Å². The Bertz CT molecular complexity index is 354. The van der Waals surface area contributed by atoms with Crippen LogP contribution in [-0.4, -0.2) is 57.7 Å². The lowest BCUT2D eigenvalue weighted by atomic mass is 10.1. The predicted molar refractivity (Wildman–Crippen MR) is 59.1 cm³/mol. The highest BCUT2D eigenvalue weighted by molar-refractivity contribution is 7.89. The molecule has 0 amide bonds. The van der Waals surface area contributed by atoms with E-state index in [0.29, 0.717) is 6.61 Å². The van der Waals surface area contributed by atoms with Crippen molar-refractivity contribution in [2.24, 2.45) is 5.92 Å². The molecule has 1 aliphatic rings. The van der Waals surface area contributed by atoms with E-state index in [1.165, 1.54) is 0 Å². The maximum absolute atomic E-state index is 11.6. The normalized spacial score (nSPS) is 25.0. The second kappa shape index (κ2) is 6.29. The Labute approximate surface area is 100 Å². The lowest BCUT2D eigenvalue weighted by Crippen LogP contribution is -2.44. The largest absolute Gasteiger partial charge is 0.481 e. The molecule has 0 aromatic carbocycles. The van der Waals surface area contributed by atoms with Crippen molar-refractivity contribution in [3.05, 3.63) is 0 Å². The Balaban J connectivity index is 2.49. The molecule has 1 rings (SSSR count). The summed E-state index contributed by atoms with van der Waals surface area (Å²) in [6.07, 6.45) is 0. The number of carbonyl (C=O) groups is 1. The second-order valence-electron chi connectivity index (χ2n) is 3.72. The Hall–Kier alpha value is -0.700. The topological polar surface area (TPSA) is 102 Å². The summed E-state index contributed by atoms with van der Waals surface area (Å²) in [4.78, 5) is 10.8. The molecule has 8 heteroatoms. The monoisotopic (exact) mass is 267 g/mol. The van der Waals surface area contributed by atoms with E-state index in [4.69, 9.17) is 14.6 Å². The Morgan fingerprint density at radius 1 is 1.53 bits per heavy atom. The van der Waals surface area contributed by atoms with Crippen molar-refractivity contribution in [1.29, 1.82) is 0 Å². The molecule has 2 atom stereocenters. The molecule has 1 saturated heterocycles. The molecule has 0 spiro atoms. The number of carboxylic acids is 1. The van der Waals surface area contributed by atoms with Gasteiger partial charge < -0.3 is 14.6 Å². The van der Waals surface area contributed by atoms with Gasteiger partial charge in [0.25, 0.3) is 0 Å². The maximum Gasteiger partial charge on any atom is 0.310 e. The SMILES string of the molecule is CCOCCS(=O)(=O)NC1COCC1C(=O)O. The van der Waals surface area contributed by atoms with E-state index in [1.54, 1.807) is 6.92 Å². The molecule has 0 aromatic heterocycles. The maximum atomic E-state index is 11.6. The Kier molecular flexibility index (Phi) is 5.31. The summed E-state index contributed by atoms with van der Waals surface area (Å²) in [6, 6.07) is -0.695. The van der Waals surface area contributed by atoms with Gasteiger partial charge in [-0.3, -0.25) is 4.79 Å². The van der Waals surface area contributed by atoms with Crippen molar-refractivity contribution >= 4 is 16.0 Å². The minimum atomic E-state index is -3.52. The van der Waals surface area contributed by atoms with E-state index >= 15 is 0 Å². The van der Waals surface area contributed by atoms with Crippen LogP contribution in [0.3, 0.4) is 0 Å². The van der Waals surface area contributed by atoms with Crippen molar-refractivity contribution in [3.8, 4) is 0 Å². The number of sulfonamides is 1. The van der Waals surface area contributed by atoms with Gasteiger partial charge in [0.1, 0.15) is 0 Å². The molecule has 1 heterocycles. The van der Waals surface area contributed by atoms with Gasteiger partial charge >= 0.3 is 5.97 Å². The van der Waals surface area contributed by atoms with Crippen molar-refractivity contribution in [1.82, 2.24) is 4.72 Å². The molecule has 2 N–H and O–H groups in total. The quantitative estimate of drug-likeness (QED) is 0.576. The van der Waals surface area contributed by atoms with Crippen molar-refractivity contribution in [2.75, 3.05) is 32.2 Å². The fourth-order valence-electron chi connectivity index (χ4n) is 1.52. The summed E-state index contributed by atoms with van der Waals surface area (Å²) in [5.74, 6) is -2.05. The van der Waals surface area contributed by atoms with Gasteiger partial charge in [-0.15, -0.1) is 0 Å². The molecule has 0 saturated carbocycles. The molecule has 0 radical (unpaired) electrons. The minimum absolute atomic E-state index is 0.0357. The summed E-state index contributed by atoms with van der Waals surface area (Å²) in [6.45, 7) is 2.43. The first-order valence-corrected chi connectivity index (χ1v) is 7.00. The number of hydrogen-bond donors (Lipinski definition) is 2. The summed E-state index contributed by atoms with van der Waals surface area (Å²) >= 11 is 0. The third-order valence-corrected chi connectivity index (χ3v) is 3.80. The highest BCUT2D eigenvalue weighted by atomic mass is 32.2. The van der Waals surface area contributed by atoms with E-state index in [1.807, 2.05) is 0 Å². The van der Waals surface area contributed by atoms with Crippen LogP contribution in [0.15, 0.2) is 0 Å². The molecule has 17 heavy (non-hydrogen) atoms. The van der Waals surface area contributed by atoms with Crippen LogP contribution in [0.4, 0.5) is 0 Å². The first-order chi connectivity index (χ1) is 7.96. The predicted octanol–water partition coefficient (Wildman–Crippen LogP) is -0.958. The molecule has 0 aromatic rings. The summed E-state index contributed by atoms with van der Waals surface area (Å²) in [5.41, 5.74) is 0. The molecule has 7 nitrogen and oxygen atoms in total. The third-order valence-electron chi connectivity index (χ3n) is 2.43. The van der Waals surface area contributed by atoms with E-state index in [9.17, 15) is 13.2 Å². The first-order valence-electron chi connectivity index (χ1n) is 5.34. The highest BCUT2D eigenvalue weighted by Crippen LogP contribution is 2.14. The van der Waals surface area contributed by atoms with E-state index < -0.39 is 28.0 Å². The number of carboxylic acid groups (broad SMARTS) is 1. The lowest BCUT2D eigenvalue weighted by Gasteiger charge is -2.15.